The first-order valence-corrected chi connectivity index (χ1v) is 6.54. The molecule has 17 heavy (non-hydrogen) atoms. The summed E-state index contributed by atoms with van der Waals surface area (Å²) in [5, 5.41) is 3.14. The van der Waals surface area contributed by atoms with Gasteiger partial charge in [-0.1, -0.05) is 23.2 Å². The largest absolute Gasteiger partial charge is 0.227 e. The number of hydrogen-bond donors (Lipinski definition) is 0. The smallest absolute Gasteiger partial charge is 0.161 e. The topological polar surface area (TPSA) is 25.8 Å². The third kappa shape index (κ3) is 2.02. The van der Waals surface area contributed by atoms with Gasteiger partial charge in [0.05, 0.1) is 10.2 Å². The van der Waals surface area contributed by atoms with Gasteiger partial charge in [0.1, 0.15) is 0 Å². The summed E-state index contributed by atoms with van der Waals surface area (Å²) in [6, 6.07) is 9.32. The maximum absolute atomic E-state index is 6.12. The highest BCUT2D eigenvalue weighted by Crippen LogP contribution is 2.28. The number of halogens is 2. The van der Waals surface area contributed by atoms with Crippen molar-refractivity contribution in [3.63, 3.8) is 0 Å². The van der Waals surface area contributed by atoms with E-state index in [1.54, 1.807) is 11.3 Å². The molecular formula is C12H6Cl2N2S. The molecule has 0 aliphatic carbocycles. The third-order valence-corrected chi connectivity index (χ3v) is 3.91. The van der Waals surface area contributed by atoms with Gasteiger partial charge in [-0.15, -0.1) is 11.3 Å². The molecule has 0 amide bonds. The van der Waals surface area contributed by atoms with Crippen LogP contribution >= 0.6 is 34.5 Å². The van der Waals surface area contributed by atoms with Crippen molar-refractivity contribution in [2.75, 3.05) is 0 Å². The van der Waals surface area contributed by atoms with Crippen molar-refractivity contribution in [2.45, 2.75) is 0 Å². The van der Waals surface area contributed by atoms with Gasteiger partial charge in [-0.25, -0.2) is 9.97 Å². The zero-order chi connectivity index (χ0) is 11.8. The Morgan fingerprint density at radius 2 is 1.71 bits per heavy atom. The van der Waals surface area contributed by atoms with Gasteiger partial charge in [0.25, 0.3) is 0 Å². The minimum atomic E-state index is 0.495. The maximum Gasteiger partial charge on any atom is 0.161 e. The van der Waals surface area contributed by atoms with Crippen LogP contribution in [0.2, 0.25) is 10.2 Å². The van der Waals surface area contributed by atoms with E-state index in [2.05, 4.69) is 9.97 Å². The molecule has 2 nitrogen and oxygen atoms in total. The van der Waals surface area contributed by atoms with Gasteiger partial charge in [0.15, 0.2) is 11.0 Å². The van der Waals surface area contributed by atoms with Gasteiger partial charge in [0.2, 0.25) is 0 Å². The molecule has 2 heterocycles. The zero-order valence-corrected chi connectivity index (χ0v) is 10.9. The first kappa shape index (κ1) is 11.0. The van der Waals surface area contributed by atoms with Crippen molar-refractivity contribution < 1.29 is 0 Å². The van der Waals surface area contributed by atoms with Crippen molar-refractivity contribution in [1.82, 2.24) is 9.97 Å². The molecule has 0 saturated heterocycles. The van der Waals surface area contributed by atoms with E-state index < -0.39 is 0 Å². The summed E-state index contributed by atoms with van der Waals surface area (Å²) >= 11 is 13.5. The number of thiophene rings is 1. The van der Waals surface area contributed by atoms with E-state index in [0.29, 0.717) is 16.0 Å². The number of rotatable bonds is 1. The minimum Gasteiger partial charge on any atom is -0.227 e. The Hall–Kier alpha value is -1.16. The number of nitrogens with zero attached hydrogens (tertiary/aromatic N) is 2. The number of aromatic nitrogens is 2. The van der Waals surface area contributed by atoms with Crippen LogP contribution in [0.3, 0.4) is 0 Å². The van der Waals surface area contributed by atoms with E-state index in [1.807, 2.05) is 35.7 Å². The lowest BCUT2D eigenvalue weighted by atomic mass is 10.2. The summed E-state index contributed by atoms with van der Waals surface area (Å²) in [5.41, 5.74) is 1.78. The molecule has 0 radical (unpaired) electrons. The fraction of sp³-hybridized carbons (Fsp3) is 0. The number of hydrogen-bond acceptors (Lipinski definition) is 3. The highest BCUT2D eigenvalue weighted by molar-refractivity contribution is 7.17. The molecule has 0 N–H and O–H groups in total. The molecule has 0 fully saturated rings. The van der Waals surface area contributed by atoms with Crippen LogP contribution in [0.15, 0.2) is 35.7 Å². The molecule has 5 heteroatoms. The quantitative estimate of drug-likeness (QED) is 0.606. The molecule has 2 aromatic heterocycles. The highest BCUT2D eigenvalue weighted by atomic mass is 35.5. The molecule has 0 saturated carbocycles. The van der Waals surface area contributed by atoms with Crippen LogP contribution in [-0.4, -0.2) is 9.97 Å². The van der Waals surface area contributed by atoms with Crippen molar-refractivity contribution in [3.05, 3.63) is 45.9 Å². The SMILES string of the molecule is Clc1ccc(-c2nc(Cl)c3sccc3n2)cc1. The van der Waals surface area contributed by atoms with Gasteiger partial charge >= 0.3 is 0 Å². The highest BCUT2D eigenvalue weighted by Gasteiger charge is 2.08. The molecule has 3 aromatic rings. The lowest BCUT2D eigenvalue weighted by Gasteiger charge is -2.01. The Morgan fingerprint density at radius 1 is 0.941 bits per heavy atom. The second-order valence-electron chi connectivity index (χ2n) is 3.48. The normalized spacial score (nSPS) is 10.9. The average Bonchev–Trinajstić information content (AvgIpc) is 2.78. The van der Waals surface area contributed by atoms with Crippen LogP contribution in [0.25, 0.3) is 21.6 Å². The van der Waals surface area contributed by atoms with Crippen LogP contribution in [0, 0.1) is 0 Å². The van der Waals surface area contributed by atoms with Gasteiger partial charge in [-0.3, -0.25) is 0 Å². The maximum atomic E-state index is 6.12. The lowest BCUT2D eigenvalue weighted by molar-refractivity contribution is 1.23. The summed E-state index contributed by atoms with van der Waals surface area (Å²) in [6.45, 7) is 0. The molecule has 0 aliphatic heterocycles. The van der Waals surface area contributed by atoms with Crippen molar-refractivity contribution in [3.8, 4) is 11.4 Å². The van der Waals surface area contributed by atoms with E-state index in [-0.39, 0.29) is 0 Å². The molecule has 0 atom stereocenters. The van der Waals surface area contributed by atoms with E-state index in [4.69, 9.17) is 23.2 Å². The fourth-order valence-corrected chi connectivity index (χ4v) is 2.70. The Morgan fingerprint density at radius 3 is 2.47 bits per heavy atom. The van der Waals surface area contributed by atoms with E-state index >= 15 is 0 Å². The van der Waals surface area contributed by atoms with Gasteiger partial charge in [0, 0.05) is 10.6 Å². The van der Waals surface area contributed by atoms with Crippen LogP contribution in [-0.2, 0) is 0 Å². The summed E-state index contributed by atoms with van der Waals surface area (Å²) in [5.74, 6) is 0.623. The molecule has 0 bridgehead atoms. The van der Waals surface area contributed by atoms with Crippen molar-refractivity contribution in [1.29, 1.82) is 0 Å². The van der Waals surface area contributed by atoms with Gasteiger partial charge < -0.3 is 0 Å². The van der Waals surface area contributed by atoms with E-state index in [9.17, 15) is 0 Å². The Balaban J connectivity index is 2.20. The predicted molar refractivity (Wildman–Crippen MR) is 72.9 cm³/mol. The summed E-state index contributed by atoms with van der Waals surface area (Å²) in [4.78, 5) is 8.76. The molecule has 3 rings (SSSR count). The second kappa shape index (κ2) is 4.26. The third-order valence-electron chi connectivity index (χ3n) is 2.36. The standard InChI is InChI=1S/C12H6Cl2N2S/c13-8-3-1-7(2-4-8)12-15-9-5-6-17-10(9)11(14)16-12/h1-6H. The van der Waals surface area contributed by atoms with Crippen LogP contribution < -0.4 is 0 Å². The molecule has 0 aliphatic rings. The Labute approximate surface area is 112 Å². The number of fused-ring (bicyclic) bond motifs is 1. The van der Waals surface area contributed by atoms with Crippen LogP contribution in [0.1, 0.15) is 0 Å². The molecule has 1 aromatic carbocycles. The summed E-state index contributed by atoms with van der Waals surface area (Å²) in [6.07, 6.45) is 0. The monoisotopic (exact) mass is 280 g/mol. The molecule has 84 valence electrons. The summed E-state index contributed by atoms with van der Waals surface area (Å²) in [7, 11) is 0. The van der Waals surface area contributed by atoms with Crippen molar-refractivity contribution >= 4 is 44.8 Å². The second-order valence-corrected chi connectivity index (χ2v) is 5.19. The zero-order valence-electron chi connectivity index (χ0n) is 8.52. The molecule has 0 spiro atoms. The predicted octanol–water partition coefficient (Wildman–Crippen LogP) is 4.67. The average molecular weight is 281 g/mol. The van der Waals surface area contributed by atoms with Crippen LogP contribution in [0.5, 0.6) is 0 Å². The first-order chi connectivity index (χ1) is 8.24. The van der Waals surface area contributed by atoms with Crippen LogP contribution in [0.4, 0.5) is 0 Å². The summed E-state index contributed by atoms with van der Waals surface area (Å²) < 4.78 is 0.921. The van der Waals surface area contributed by atoms with E-state index in [0.717, 1.165) is 15.8 Å². The van der Waals surface area contributed by atoms with Crippen molar-refractivity contribution in [2.24, 2.45) is 0 Å². The molecule has 0 unspecified atom stereocenters. The Bertz CT molecular complexity index is 677. The first-order valence-electron chi connectivity index (χ1n) is 4.91. The van der Waals surface area contributed by atoms with Gasteiger partial charge in [-0.2, -0.15) is 0 Å². The number of benzene rings is 1. The van der Waals surface area contributed by atoms with E-state index in [1.165, 1.54) is 0 Å². The lowest BCUT2D eigenvalue weighted by Crippen LogP contribution is -1.89. The Kier molecular flexibility index (Phi) is 2.74. The molecular weight excluding hydrogens is 275 g/mol. The van der Waals surface area contributed by atoms with Gasteiger partial charge in [-0.05, 0) is 35.7 Å². The fourth-order valence-electron chi connectivity index (χ4n) is 1.56. The minimum absolute atomic E-state index is 0.495.